The lowest BCUT2D eigenvalue weighted by Gasteiger charge is -2.06. The maximum atomic E-state index is 13.2. The molecular formula is C26H24Cl2F3N3O3S. The van der Waals surface area contributed by atoms with E-state index in [4.69, 9.17) is 23.2 Å². The Morgan fingerprint density at radius 3 is 2.18 bits per heavy atom. The summed E-state index contributed by atoms with van der Waals surface area (Å²) in [5.41, 5.74) is 2.73. The van der Waals surface area contributed by atoms with Crippen molar-refractivity contribution < 1.29 is 30.7 Å². The third-order valence-corrected chi connectivity index (χ3v) is 6.94. The molecule has 0 aliphatic carbocycles. The van der Waals surface area contributed by atoms with Gasteiger partial charge in [-0.2, -0.15) is 13.2 Å². The van der Waals surface area contributed by atoms with Crippen molar-refractivity contribution in [1.82, 2.24) is 4.57 Å². The van der Waals surface area contributed by atoms with Crippen molar-refractivity contribution in [3.05, 3.63) is 94.4 Å². The van der Waals surface area contributed by atoms with Crippen molar-refractivity contribution in [2.45, 2.75) is 38.0 Å². The number of aryl methyl sites for hydroxylation is 2. The molecule has 0 fully saturated rings. The monoisotopic (exact) mass is 585 g/mol. The summed E-state index contributed by atoms with van der Waals surface area (Å²) < 4.78 is 73.7. The average molecular weight is 586 g/mol. The van der Waals surface area contributed by atoms with Crippen LogP contribution in [0.2, 0.25) is 10.0 Å². The number of halogens is 5. The van der Waals surface area contributed by atoms with Crippen molar-refractivity contribution in [3.8, 4) is 0 Å². The fraction of sp³-hybridized carbons (Fsp3) is 0.192. The summed E-state index contributed by atoms with van der Waals surface area (Å²) in [5, 5.41) is 3.57. The van der Waals surface area contributed by atoms with Gasteiger partial charge in [-0.15, -0.1) is 0 Å². The molecule has 0 aliphatic rings. The summed E-state index contributed by atoms with van der Waals surface area (Å²) in [6.45, 7) is 3.03. The SMILES string of the molecule is CCn1c(/C=C/Nc2ccccc2)[n+](CC(F)(F)F)c2cc(Cl)c(Cl)cc21.Cc1ccc(S(=O)(=O)[O-])cc1. The van der Waals surface area contributed by atoms with Gasteiger partial charge in [-0.3, -0.25) is 0 Å². The van der Waals surface area contributed by atoms with E-state index in [1.807, 2.05) is 44.2 Å². The maximum absolute atomic E-state index is 13.2. The predicted octanol–water partition coefficient (Wildman–Crippen LogP) is 6.80. The van der Waals surface area contributed by atoms with Crippen LogP contribution in [0.25, 0.3) is 17.1 Å². The molecule has 0 saturated heterocycles. The lowest BCUT2D eigenvalue weighted by Crippen LogP contribution is -2.43. The second kappa shape index (κ2) is 12.2. The molecule has 0 spiro atoms. The van der Waals surface area contributed by atoms with Gasteiger partial charge in [0.05, 0.1) is 21.5 Å². The molecule has 12 heteroatoms. The van der Waals surface area contributed by atoms with Crippen LogP contribution in [-0.2, 0) is 23.2 Å². The lowest BCUT2D eigenvalue weighted by molar-refractivity contribution is -0.698. The van der Waals surface area contributed by atoms with Crippen molar-refractivity contribution in [1.29, 1.82) is 0 Å². The molecule has 0 unspecified atom stereocenters. The first-order valence-corrected chi connectivity index (χ1v) is 13.4. The highest BCUT2D eigenvalue weighted by molar-refractivity contribution is 7.85. The van der Waals surface area contributed by atoms with E-state index in [2.05, 4.69) is 5.32 Å². The number of imidazole rings is 1. The molecule has 3 aromatic carbocycles. The Hall–Kier alpha value is -3.05. The van der Waals surface area contributed by atoms with E-state index in [0.29, 0.717) is 28.4 Å². The van der Waals surface area contributed by atoms with Crippen molar-refractivity contribution in [2.24, 2.45) is 0 Å². The summed E-state index contributed by atoms with van der Waals surface area (Å²) in [5.74, 6) is 0.395. The van der Waals surface area contributed by atoms with Crippen LogP contribution in [0, 0.1) is 6.92 Å². The summed E-state index contributed by atoms with van der Waals surface area (Å²) in [6.07, 6.45) is -1.14. The van der Waals surface area contributed by atoms with Gasteiger partial charge in [-0.25, -0.2) is 17.6 Å². The number of alkyl halides is 3. The zero-order valence-electron chi connectivity index (χ0n) is 20.3. The topological polar surface area (TPSA) is 78.0 Å². The van der Waals surface area contributed by atoms with Gasteiger partial charge >= 0.3 is 6.18 Å². The van der Waals surface area contributed by atoms with Crippen LogP contribution in [0.1, 0.15) is 18.3 Å². The summed E-state index contributed by atoms with van der Waals surface area (Å²) in [6, 6.07) is 18.2. The summed E-state index contributed by atoms with van der Waals surface area (Å²) in [4.78, 5) is -0.178. The number of nitrogens with zero attached hydrogens (tertiary/aromatic N) is 2. The average Bonchev–Trinajstić information content (AvgIpc) is 3.10. The van der Waals surface area contributed by atoms with E-state index in [-0.39, 0.29) is 9.92 Å². The van der Waals surface area contributed by atoms with E-state index in [0.717, 1.165) is 11.3 Å². The van der Waals surface area contributed by atoms with Crippen LogP contribution in [0.4, 0.5) is 18.9 Å². The maximum Gasteiger partial charge on any atom is 0.426 e. The van der Waals surface area contributed by atoms with E-state index >= 15 is 0 Å². The van der Waals surface area contributed by atoms with Crippen molar-refractivity contribution in [3.63, 3.8) is 0 Å². The first-order valence-electron chi connectivity index (χ1n) is 11.3. The van der Waals surface area contributed by atoms with Gasteiger partial charge in [0.1, 0.15) is 10.1 Å². The molecular weight excluding hydrogens is 562 g/mol. The molecule has 4 aromatic rings. The smallest absolute Gasteiger partial charge is 0.426 e. The highest BCUT2D eigenvalue weighted by Crippen LogP contribution is 2.29. The number of hydrogen-bond donors (Lipinski definition) is 1. The first-order chi connectivity index (χ1) is 17.8. The number of aromatic nitrogens is 2. The molecule has 0 bridgehead atoms. The Labute approximate surface area is 228 Å². The van der Waals surface area contributed by atoms with Crippen LogP contribution in [0.3, 0.4) is 0 Å². The minimum Gasteiger partial charge on any atom is -0.744 e. The van der Waals surface area contributed by atoms with Gasteiger partial charge < -0.3 is 9.87 Å². The molecule has 0 radical (unpaired) electrons. The van der Waals surface area contributed by atoms with Gasteiger partial charge in [-0.1, -0.05) is 59.1 Å². The van der Waals surface area contributed by atoms with Crippen molar-refractivity contribution >= 4 is 56.1 Å². The van der Waals surface area contributed by atoms with E-state index in [1.165, 1.54) is 22.8 Å². The Kier molecular flexibility index (Phi) is 9.48. The molecule has 0 saturated carbocycles. The molecule has 1 aromatic heterocycles. The predicted molar refractivity (Wildman–Crippen MR) is 142 cm³/mol. The van der Waals surface area contributed by atoms with E-state index < -0.39 is 22.8 Å². The molecule has 4 rings (SSSR count). The zero-order chi connectivity index (χ0) is 28.1. The highest BCUT2D eigenvalue weighted by Gasteiger charge is 2.35. The zero-order valence-corrected chi connectivity index (χ0v) is 22.7. The van der Waals surface area contributed by atoms with Crippen LogP contribution < -0.4 is 9.88 Å². The largest absolute Gasteiger partial charge is 0.744 e. The molecule has 1 heterocycles. The summed E-state index contributed by atoms with van der Waals surface area (Å²) in [7, 11) is -4.27. The third kappa shape index (κ3) is 7.73. The lowest BCUT2D eigenvalue weighted by atomic mass is 10.2. The van der Waals surface area contributed by atoms with Crippen LogP contribution >= 0.6 is 23.2 Å². The van der Waals surface area contributed by atoms with Crippen LogP contribution in [-0.4, -0.2) is 23.7 Å². The number of nitrogens with one attached hydrogen (secondary N) is 1. The molecule has 0 amide bonds. The highest BCUT2D eigenvalue weighted by atomic mass is 35.5. The Morgan fingerprint density at radius 2 is 1.63 bits per heavy atom. The fourth-order valence-electron chi connectivity index (χ4n) is 3.66. The minimum absolute atomic E-state index is 0.178. The van der Waals surface area contributed by atoms with Crippen LogP contribution in [0.15, 0.2) is 77.8 Å². The number of para-hydroxylation sites is 1. The number of rotatable bonds is 6. The normalized spacial score (nSPS) is 12.0. The molecule has 38 heavy (non-hydrogen) atoms. The van der Waals surface area contributed by atoms with E-state index in [1.54, 1.807) is 35.0 Å². The van der Waals surface area contributed by atoms with Gasteiger partial charge in [0.25, 0.3) is 5.82 Å². The van der Waals surface area contributed by atoms with Gasteiger partial charge in [0, 0.05) is 30.1 Å². The molecule has 0 atom stereocenters. The fourth-order valence-corrected chi connectivity index (χ4v) is 4.45. The number of hydrogen-bond acceptors (Lipinski definition) is 4. The number of anilines is 1. The standard InChI is InChI=1S/C19H16Cl2F3N3.C7H8O3S/c1-2-26-16-10-14(20)15(21)11-17(16)27(12-19(22,23)24)18(26)8-9-25-13-6-4-3-5-7-13;1-6-2-4-7(5-3-6)11(8,9)10/h3-11H,2,12H2,1H3;2-5H,1H3,(H,8,9,10). The minimum atomic E-state index is -4.38. The second-order valence-electron chi connectivity index (χ2n) is 8.17. The molecule has 1 N–H and O–H groups in total. The Balaban J connectivity index is 0.000000304. The second-order valence-corrected chi connectivity index (χ2v) is 10.4. The van der Waals surface area contributed by atoms with E-state index in [9.17, 15) is 26.1 Å². The van der Waals surface area contributed by atoms with Gasteiger partial charge in [0.15, 0.2) is 17.6 Å². The van der Waals surface area contributed by atoms with Crippen molar-refractivity contribution in [2.75, 3.05) is 5.32 Å². The number of fused-ring (bicyclic) bond motifs is 1. The molecule has 0 aliphatic heterocycles. The summed E-state index contributed by atoms with van der Waals surface area (Å²) >= 11 is 12.1. The first kappa shape index (κ1) is 29.5. The van der Waals surface area contributed by atoms with Gasteiger partial charge in [-0.05, 0) is 38.1 Å². The van der Waals surface area contributed by atoms with Crippen LogP contribution in [0.5, 0.6) is 0 Å². The molecule has 6 nitrogen and oxygen atoms in total. The van der Waals surface area contributed by atoms with Gasteiger partial charge in [0.2, 0.25) is 0 Å². The quantitative estimate of drug-likeness (QED) is 0.199. The molecule has 202 valence electrons. The third-order valence-electron chi connectivity index (χ3n) is 5.37. The Bertz CT molecular complexity index is 1540. The number of benzene rings is 3. The Morgan fingerprint density at radius 1 is 1.03 bits per heavy atom.